The summed E-state index contributed by atoms with van der Waals surface area (Å²) in [6, 6.07) is 3.04. The van der Waals surface area contributed by atoms with Gasteiger partial charge in [-0.05, 0) is 12.1 Å². The fourth-order valence-corrected chi connectivity index (χ4v) is 2.09. The lowest BCUT2D eigenvalue weighted by Gasteiger charge is -2.27. The molecule has 0 unspecified atom stereocenters. The second-order valence-electron chi connectivity index (χ2n) is 4.49. The SMILES string of the molecule is O=C(c1cc(OC(F)F)cc(OC(F)F)c1)N1CCNCC1. The lowest BCUT2D eigenvalue weighted by Crippen LogP contribution is -2.46. The number of hydrogen-bond acceptors (Lipinski definition) is 4. The van der Waals surface area contributed by atoms with Crippen LogP contribution in [0.4, 0.5) is 17.6 Å². The highest BCUT2D eigenvalue weighted by Crippen LogP contribution is 2.26. The zero-order chi connectivity index (χ0) is 16.1. The van der Waals surface area contributed by atoms with Gasteiger partial charge in [-0.15, -0.1) is 0 Å². The first-order valence-corrected chi connectivity index (χ1v) is 6.50. The number of amides is 1. The van der Waals surface area contributed by atoms with Crippen molar-refractivity contribution in [2.75, 3.05) is 26.2 Å². The molecule has 1 fully saturated rings. The number of ether oxygens (including phenoxy) is 2. The molecule has 1 aromatic rings. The molecular formula is C13H14F4N2O3. The van der Waals surface area contributed by atoms with Crippen molar-refractivity contribution in [3.63, 3.8) is 0 Å². The maximum atomic E-state index is 12.3. The van der Waals surface area contributed by atoms with Crippen LogP contribution >= 0.6 is 0 Å². The van der Waals surface area contributed by atoms with Gasteiger partial charge >= 0.3 is 13.2 Å². The summed E-state index contributed by atoms with van der Waals surface area (Å²) in [4.78, 5) is 13.8. The van der Waals surface area contributed by atoms with Gasteiger partial charge in [-0.25, -0.2) is 0 Å². The van der Waals surface area contributed by atoms with Crippen LogP contribution in [0, 0.1) is 0 Å². The fourth-order valence-electron chi connectivity index (χ4n) is 2.09. The number of alkyl halides is 4. The Hall–Kier alpha value is -2.03. The first-order chi connectivity index (χ1) is 10.5. The third-order valence-corrected chi connectivity index (χ3v) is 2.98. The van der Waals surface area contributed by atoms with E-state index in [1.165, 1.54) is 4.90 Å². The molecule has 0 radical (unpaired) electrons. The van der Waals surface area contributed by atoms with Crippen molar-refractivity contribution in [3.8, 4) is 11.5 Å². The summed E-state index contributed by atoms with van der Waals surface area (Å²) < 4.78 is 57.5. The monoisotopic (exact) mass is 322 g/mol. The molecule has 1 aliphatic rings. The number of benzene rings is 1. The molecule has 2 rings (SSSR count). The van der Waals surface area contributed by atoms with Crippen molar-refractivity contribution in [2.45, 2.75) is 13.2 Å². The Labute approximate surface area is 123 Å². The molecule has 0 bridgehead atoms. The second kappa shape index (κ2) is 7.30. The summed E-state index contributed by atoms with van der Waals surface area (Å²) in [5.41, 5.74) is -0.0456. The predicted octanol–water partition coefficient (Wildman–Crippen LogP) is 1.93. The Morgan fingerprint density at radius 1 is 1.00 bits per heavy atom. The zero-order valence-electron chi connectivity index (χ0n) is 11.4. The Kier molecular flexibility index (Phi) is 5.42. The van der Waals surface area contributed by atoms with Crippen molar-refractivity contribution in [1.82, 2.24) is 10.2 Å². The largest absolute Gasteiger partial charge is 0.435 e. The molecule has 22 heavy (non-hydrogen) atoms. The highest BCUT2D eigenvalue weighted by Gasteiger charge is 2.21. The van der Waals surface area contributed by atoms with E-state index in [1.54, 1.807) is 0 Å². The van der Waals surface area contributed by atoms with Crippen LogP contribution in [0.25, 0.3) is 0 Å². The van der Waals surface area contributed by atoms with Crippen molar-refractivity contribution in [3.05, 3.63) is 23.8 Å². The number of nitrogens with zero attached hydrogens (tertiary/aromatic N) is 1. The van der Waals surface area contributed by atoms with Crippen LogP contribution in [-0.4, -0.2) is 50.2 Å². The number of halogens is 4. The van der Waals surface area contributed by atoms with Crippen LogP contribution in [-0.2, 0) is 0 Å². The first-order valence-electron chi connectivity index (χ1n) is 6.50. The number of rotatable bonds is 5. The molecule has 9 heteroatoms. The Morgan fingerprint density at radius 2 is 1.50 bits per heavy atom. The van der Waals surface area contributed by atoms with Crippen molar-refractivity contribution in [1.29, 1.82) is 0 Å². The van der Waals surface area contributed by atoms with Gasteiger partial charge in [0.05, 0.1) is 0 Å². The normalized spacial score (nSPS) is 15.3. The van der Waals surface area contributed by atoms with Gasteiger partial charge in [0.1, 0.15) is 11.5 Å². The van der Waals surface area contributed by atoms with Crippen LogP contribution in [0.15, 0.2) is 18.2 Å². The van der Waals surface area contributed by atoms with Crippen LogP contribution in [0.2, 0.25) is 0 Å². The average molecular weight is 322 g/mol. The van der Waals surface area contributed by atoms with E-state index >= 15 is 0 Å². The molecule has 1 N–H and O–H groups in total. The maximum absolute atomic E-state index is 12.3. The van der Waals surface area contributed by atoms with E-state index in [0.717, 1.165) is 18.2 Å². The van der Waals surface area contributed by atoms with Crippen LogP contribution in [0.1, 0.15) is 10.4 Å². The van der Waals surface area contributed by atoms with Gasteiger partial charge < -0.3 is 19.7 Å². The summed E-state index contributed by atoms with van der Waals surface area (Å²) in [7, 11) is 0. The molecule has 1 aromatic carbocycles. The van der Waals surface area contributed by atoms with Gasteiger partial charge in [-0.3, -0.25) is 4.79 Å². The summed E-state index contributed by atoms with van der Waals surface area (Å²) >= 11 is 0. The van der Waals surface area contributed by atoms with Crippen molar-refractivity contribution < 1.29 is 31.8 Å². The maximum Gasteiger partial charge on any atom is 0.387 e. The highest BCUT2D eigenvalue weighted by atomic mass is 19.3. The first kappa shape index (κ1) is 16.3. The van der Waals surface area contributed by atoms with E-state index in [9.17, 15) is 22.4 Å². The van der Waals surface area contributed by atoms with E-state index in [4.69, 9.17) is 0 Å². The van der Waals surface area contributed by atoms with Gasteiger partial charge in [0.25, 0.3) is 5.91 Å². The molecule has 0 aliphatic carbocycles. The molecular weight excluding hydrogens is 308 g/mol. The molecule has 122 valence electrons. The Bertz CT molecular complexity index is 494. The van der Waals surface area contributed by atoms with Gasteiger partial charge in [0, 0.05) is 37.8 Å². The summed E-state index contributed by atoms with van der Waals surface area (Å²) in [5.74, 6) is -1.28. The quantitative estimate of drug-likeness (QED) is 0.842. The predicted molar refractivity (Wildman–Crippen MR) is 68.5 cm³/mol. The van der Waals surface area contributed by atoms with Gasteiger partial charge in [-0.2, -0.15) is 17.6 Å². The van der Waals surface area contributed by atoms with Gasteiger partial charge in [0.2, 0.25) is 0 Å². The highest BCUT2D eigenvalue weighted by molar-refractivity contribution is 5.95. The smallest absolute Gasteiger partial charge is 0.387 e. The Morgan fingerprint density at radius 3 is 1.95 bits per heavy atom. The fraction of sp³-hybridized carbons (Fsp3) is 0.462. The zero-order valence-corrected chi connectivity index (χ0v) is 11.4. The molecule has 0 spiro atoms. The summed E-state index contributed by atoms with van der Waals surface area (Å²) in [6.45, 7) is -4.21. The number of hydrogen-bond donors (Lipinski definition) is 1. The van der Waals surface area contributed by atoms with E-state index in [1.807, 2.05) is 0 Å². The molecule has 0 atom stereocenters. The number of carbonyl (C=O) groups is 1. The molecule has 5 nitrogen and oxygen atoms in total. The van der Waals surface area contributed by atoms with E-state index in [2.05, 4.69) is 14.8 Å². The minimum atomic E-state index is -3.14. The van der Waals surface area contributed by atoms with Crippen LogP contribution in [0.3, 0.4) is 0 Å². The minimum Gasteiger partial charge on any atom is -0.435 e. The molecule has 1 amide bonds. The van der Waals surface area contributed by atoms with Gasteiger partial charge in [-0.1, -0.05) is 0 Å². The number of piperazine rings is 1. The Balaban J connectivity index is 2.25. The average Bonchev–Trinajstić information content (AvgIpc) is 2.45. The standard InChI is InChI=1S/C13H14F4N2O3/c14-12(15)21-9-5-8(6-10(7-9)22-13(16)17)11(20)19-3-1-18-2-4-19/h5-7,12-13,18H,1-4H2. The topological polar surface area (TPSA) is 50.8 Å². The van der Waals surface area contributed by atoms with Crippen LogP contribution in [0.5, 0.6) is 11.5 Å². The van der Waals surface area contributed by atoms with Crippen molar-refractivity contribution >= 4 is 5.91 Å². The third-order valence-electron chi connectivity index (χ3n) is 2.98. The van der Waals surface area contributed by atoms with E-state index in [0.29, 0.717) is 26.2 Å². The number of nitrogens with one attached hydrogen (secondary N) is 1. The van der Waals surface area contributed by atoms with Crippen molar-refractivity contribution in [2.24, 2.45) is 0 Å². The van der Waals surface area contributed by atoms with E-state index < -0.39 is 30.6 Å². The molecule has 0 aromatic heterocycles. The number of carbonyl (C=O) groups excluding carboxylic acids is 1. The molecule has 1 aliphatic heterocycles. The molecule has 0 saturated carbocycles. The third kappa shape index (κ3) is 4.48. The lowest BCUT2D eigenvalue weighted by molar-refractivity contribution is -0.0543. The van der Waals surface area contributed by atoms with Gasteiger partial charge in [0.15, 0.2) is 0 Å². The van der Waals surface area contributed by atoms with E-state index in [-0.39, 0.29) is 5.56 Å². The lowest BCUT2D eigenvalue weighted by atomic mass is 10.1. The second-order valence-corrected chi connectivity index (χ2v) is 4.49. The summed E-state index contributed by atoms with van der Waals surface area (Å²) in [5, 5.41) is 3.05. The molecule has 1 heterocycles. The van der Waals surface area contributed by atoms with Crippen LogP contribution < -0.4 is 14.8 Å². The summed E-state index contributed by atoms with van der Waals surface area (Å²) in [6.07, 6.45) is 0. The molecule has 1 saturated heterocycles. The minimum absolute atomic E-state index is 0.0456.